The van der Waals surface area contributed by atoms with E-state index in [4.69, 9.17) is 10.9 Å². The summed E-state index contributed by atoms with van der Waals surface area (Å²) in [5, 5.41) is 9.82. The lowest BCUT2D eigenvalue weighted by Crippen LogP contribution is -2.41. The van der Waals surface area contributed by atoms with Crippen molar-refractivity contribution >= 4 is 33.1 Å². The van der Waals surface area contributed by atoms with Crippen molar-refractivity contribution in [3.05, 3.63) is 109 Å². The molecule has 178 valence electrons. The minimum Gasteiger partial charge on any atom is -0.326 e. The Labute approximate surface area is 204 Å². The van der Waals surface area contributed by atoms with Crippen molar-refractivity contribution in [2.45, 2.75) is 11.4 Å². The van der Waals surface area contributed by atoms with Gasteiger partial charge in [-0.2, -0.15) is 0 Å². The quantitative estimate of drug-likeness (QED) is 0.288. The second-order valence-electron chi connectivity index (χ2n) is 7.73. The van der Waals surface area contributed by atoms with E-state index >= 15 is 0 Å². The molecule has 8 nitrogen and oxygen atoms in total. The molecule has 0 aliphatic carbocycles. The van der Waals surface area contributed by atoms with Gasteiger partial charge in [0.05, 0.1) is 16.3 Å². The van der Waals surface area contributed by atoms with Crippen molar-refractivity contribution in [2.75, 3.05) is 10.3 Å². The van der Waals surface area contributed by atoms with Crippen LogP contribution in [0.4, 0.5) is 21.9 Å². The maximum atomic E-state index is 12.9. The van der Waals surface area contributed by atoms with Gasteiger partial charge in [-0.1, -0.05) is 60.7 Å². The molecule has 35 heavy (non-hydrogen) atoms. The first kappa shape index (κ1) is 24.0. The smallest absolute Gasteiger partial charge is 0.326 e. The van der Waals surface area contributed by atoms with Crippen molar-refractivity contribution < 1.29 is 13.2 Å². The van der Waals surface area contributed by atoms with Crippen LogP contribution < -0.4 is 26.6 Å². The number of hydrazine groups is 1. The summed E-state index contributed by atoms with van der Waals surface area (Å²) in [6, 6.07) is 29.9. The zero-order chi connectivity index (χ0) is 24.8. The highest BCUT2D eigenvalue weighted by Crippen LogP contribution is 2.28. The zero-order valence-electron chi connectivity index (χ0n) is 18.8. The summed E-state index contributed by atoms with van der Waals surface area (Å²) in [5.74, 6) is 0. The number of primary sulfonamides is 1. The van der Waals surface area contributed by atoms with Crippen LogP contribution in [-0.4, -0.2) is 14.4 Å². The largest absolute Gasteiger partial charge is 0.338 e. The van der Waals surface area contributed by atoms with E-state index < -0.39 is 16.1 Å². The summed E-state index contributed by atoms with van der Waals surface area (Å²) in [4.78, 5) is 12.9. The van der Waals surface area contributed by atoms with Gasteiger partial charge in [-0.15, -0.1) is 0 Å². The summed E-state index contributed by atoms with van der Waals surface area (Å²) in [7, 11) is -3.88. The second-order valence-corrected chi connectivity index (χ2v) is 9.26. The van der Waals surface area contributed by atoms with Crippen molar-refractivity contribution in [1.29, 1.82) is 0 Å². The van der Waals surface area contributed by atoms with E-state index in [0.29, 0.717) is 23.4 Å². The van der Waals surface area contributed by atoms with Crippen molar-refractivity contribution in [3.63, 3.8) is 0 Å². The van der Waals surface area contributed by atoms with Gasteiger partial charge in [-0.3, -0.25) is 5.01 Å². The van der Waals surface area contributed by atoms with Crippen LogP contribution >= 0.6 is 0 Å². The van der Waals surface area contributed by atoms with Crippen LogP contribution in [0.15, 0.2) is 108 Å². The van der Waals surface area contributed by atoms with E-state index in [1.54, 1.807) is 47.5 Å². The minimum atomic E-state index is -3.88. The Bertz CT molecular complexity index is 1430. The van der Waals surface area contributed by atoms with Gasteiger partial charge in [-0.25, -0.2) is 23.8 Å². The highest BCUT2D eigenvalue weighted by molar-refractivity contribution is 7.89. The van der Waals surface area contributed by atoms with E-state index in [9.17, 15) is 13.2 Å². The molecule has 2 amide bonds. The Morgan fingerprint density at radius 2 is 1.46 bits per heavy atom. The van der Waals surface area contributed by atoms with Gasteiger partial charge in [0.15, 0.2) is 0 Å². The highest BCUT2D eigenvalue weighted by Gasteiger charge is 2.16. The predicted octanol–water partition coefficient (Wildman–Crippen LogP) is 4.33. The molecule has 6 N–H and O–H groups in total. The fourth-order valence-electron chi connectivity index (χ4n) is 3.62. The van der Waals surface area contributed by atoms with Crippen LogP contribution in [0.25, 0.3) is 11.1 Å². The number of rotatable bonds is 7. The lowest BCUT2D eigenvalue weighted by atomic mass is 10.1. The van der Waals surface area contributed by atoms with Gasteiger partial charge in [0.2, 0.25) is 10.0 Å². The normalized spacial score (nSPS) is 11.0. The molecule has 0 aromatic heterocycles. The minimum absolute atomic E-state index is 0.0386. The molecule has 0 saturated heterocycles. The number of hydrogen-bond donors (Lipinski definition) is 4. The van der Waals surface area contributed by atoms with Crippen molar-refractivity contribution in [1.82, 2.24) is 5.43 Å². The Morgan fingerprint density at radius 3 is 2.14 bits per heavy atom. The van der Waals surface area contributed by atoms with E-state index in [0.717, 1.165) is 16.9 Å². The zero-order valence-corrected chi connectivity index (χ0v) is 19.6. The third-order valence-electron chi connectivity index (χ3n) is 5.28. The molecule has 0 fully saturated rings. The maximum Gasteiger partial charge on any atom is 0.338 e. The third-order valence-corrected chi connectivity index (χ3v) is 6.25. The van der Waals surface area contributed by atoms with E-state index in [1.165, 1.54) is 6.07 Å². The molecule has 0 spiro atoms. The van der Waals surface area contributed by atoms with Gasteiger partial charge in [-0.05, 0) is 53.6 Å². The van der Waals surface area contributed by atoms with Gasteiger partial charge in [0.25, 0.3) is 0 Å². The SMILES string of the molecule is NCc1cccc(N(NC(=O)Nc2ccc(-c3ccccc3S(N)(=O)=O)cc2)c2ccccc2)c1. The van der Waals surface area contributed by atoms with Crippen LogP contribution in [0.5, 0.6) is 0 Å². The van der Waals surface area contributed by atoms with Gasteiger partial charge >= 0.3 is 6.03 Å². The molecule has 4 aromatic rings. The standard InChI is InChI=1S/C26H25N5O3S/c27-18-19-7-6-10-23(17-19)31(22-8-2-1-3-9-22)30-26(32)29-21-15-13-20(14-16-21)24-11-4-5-12-25(24)35(28,33)34/h1-17H,18,27H2,(H2,28,33,34)(H2,29,30,32). The number of amides is 2. The summed E-state index contributed by atoms with van der Waals surface area (Å²) in [5.41, 5.74) is 12.8. The summed E-state index contributed by atoms with van der Waals surface area (Å²) in [6.07, 6.45) is 0. The highest BCUT2D eigenvalue weighted by atomic mass is 32.2. The lowest BCUT2D eigenvalue weighted by Gasteiger charge is -2.26. The average molecular weight is 488 g/mol. The molecule has 9 heteroatoms. The average Bonchev–Trinajstić information content (AvgIpc) is 2.88. The number of nitrogens with two attached hydrogens (primary N) is 2. The molecule has 0 aliphatic rings. The van der Waals surface area contributed by atoms with Crippen LogP contribution in [0, 0.1) is 0 Å². The molecule has 0 heterocycles. The first-order valence-electron chi connectivity index (χ1n) is 10.8. The fraction of sp³-hybridized carbons (Fsp3) is 0.0385. The maximum absolute atomic E-state index is 12.9. The number of hydrogen-bond acceptors (Lipinski definition) is 5. The number of para-hydroxylation sites is 1. The summed E-state index contributed by atoms with van der Waals surface area (Å²) in [6.45, 7) is 0.379. The van der Waals surface area contributed by atoms with Gasteiger partial charge < -0.3 is 11.1 Å². The number of sulfonamides is 1. The number of benzene rings is 4. The number of anilines is 3. The van der Waals surface area contributed by atoms with Crippen LogP contribution in [-0.2, 0) is 16.6 Å². The number of carbonyl (C=O) groups excluding carboxylic acids is 1. The number of nitrogens with one attached hydrogen (secondary N) is 2. The van der Waals surface area contributed by atoms with Crippen LogP contribution in [0.3, 0.4) is 0 Å². The molecule has 0 radical (unpaired) electrons. The van der Waals surface area contributed by atoms with Gasteiger partial charge in [0, 0.05) is 17.8 Å². The Morgan fingerprint density at radius 1 is 0.800 bits per heavy atom. The molecule has 0 bridgehead atoms. The van der Waals surface area contributed by atoms with E-state index in [-0.39, 0.29) is 4.90 Å². The number of urea groups is 1. The van der Waals surface area contributed by atoms with Crippen molar-refractivity contribution in [3.8, 4) is 11.1 Å². The summed E-state index contributed by atoms with van der Waals surface area (Å²) < 4.78 is 23.8. The molecule has 0 saturated carbocycles. The first-order valence-corrected chi connectivity index (χ1v) is 12.3. The molecule has 4 aromatic carbocycles. The molecule has 0 unspecified atom stereocenters. The van der Waals surface area contributed by atoms with Crippen molar-refractivity contribution in [2.24, 2.45) is 10.9 Å². The Balaban J connectivity index is 1.54. The Hall–Kier alpha value is -4.18. The molecule has 4 rings (SSSR count). The molecule has 0 atom stereocenters. The number of nitrogens with zero attached hydrogens (tertiary/aromatic N) is 1. The molecular formula is C26H25N5O3S. The second kappa shape index (κ2) is 10.4. The van der Waals surface area contributed by atoms with Crippen LogP contribution in [0.1, 0.15) is 5.56 Å². The number of carbonyl (C=O) groups is 1. The van der Waals surface area contributed by atoms with E-state index in [2.05, 4.69) is 10.7 Å². The van der Waals surface area contributed by atoms with E-state index in [1.807, 2.05) is 54.6 Å². The third kappa shape index (κ3) is 5.85. The first-order chi connectivity index (χ1) is 16.8. The van der Waals surface area contributed by atoms with Crippen LogP contribution in [0.2, 0.25) is 0 Å². The summed E-state index contributed by atoms with van der Waals surface area (Å²) >= 11 is 0. The molecule has 0 aliphatic heterocycles. The van der Waals surface area contributed by atoms with Gasteiger partial charge in [0.1, 0.15) is 0 Å². The monoisotopic (exact) mass is 487 g/mol. The topological polar surface area (TPSA) is 131 Å². The Kier molecular flexibility index (Phi) is 7.11. The predicted molar refractivity (Wildman–Crippen MR) is 138 cm³/mol. The molecular weight excluding hydrogens is 462 g/mol. The lowest BCUT2D eigenvalue weighted by molar-refractivity contribution is 0.252. The fourth-order valence-corrected chi connectivity index (χ4v) is 4.39.